The fraction of sp³-hybridized carbons (Fsp3) is 0.208. The molecule has 167 valence electrons. The molecule has 0 saturated heterocycles. The normalized spacial score (nSPS) is 11.3. The first-order valence-electron chi connectivity index (χ1n) is 10.0. The average molecular weight is 461 g/mol. The van der Waals surface area contributed by atoms with Crippen LogP contribution in [0.15, 0.2) is 60.9 Å². The summed E-state index contributed by atoms with van der Waals surface area (Å²) in [4.78, 5) is 16.4. The highest BCUT2D eigenvalue weighted by molar-refractivity contribution is 6.32. The molecule has 0 saturated carbocycles. The van der Waals surface area contributed by atoms with Crippen LogP contribution in [0, 0.1) is 6.92 Å². The molecule has 3 rings (SSSR count). The molecule has 1 amide bonds. The molecule has 3 aromatic rings. The minimum Gasteiger partial charge on any atom is -0.354 e. The summed E-state index contributed by atoms with van der Waals surface area (Å²) in [5.41, 5.74) is 1.97. The van der Waals surface area contributed by atoms with Crippen LogP contribution < -0.4 is 10.6 Å². The second-order valence-electron chi connectivity index (χ2n) is 7.20. The van der Waals surface area contributed by atoms with E-state index in [1.807, 2.05) is 24.3 Å². The van der Waals surface area contributed by atoms with E-state index in [9.17, 15) is 18.0 Å². The number of aromatic nitrogens is 1. The molecule has 0 unspecified atom stereocenters. The van der Waals surface area contributed by atoms with Gasteiger partial charge in [0.15, 0.2) is 0 Å². The number of anilines is 3. The van der Waals surface area contributed by atoms with Crippen LogP contribution in [0.25, 0.3) is 0 Å². The Hall–Kier alpha value is -3.06. The van der Waals surface area contributed by atoms with Crippen LogP contribution in [-0.4, -0.2) is 10.9 Å². The smallest absolute Gasteiger partial charge is 0.354 e. The molecule has 0 aliphatic rings. The number of aryl methyl sites for hydroxylation is 1. The van der Waals surface area contributed by atoms with Gasteiger partial charge in [0.2, 0.25) is 5.91 Å². The van der Waals surface area contributed by atoms with Gasteiger partial charge in [0, 0.05) is 24.5 Å². The number of amides is 1. The van der Waals surface area contributed by atoms with E-state index in [1.54, 1.807) is 24.5 Å². The number of nitrogens with one attached hydrogen (secondary N) is 2. The molecule has 4 nitrogen and oxygen atoms in total. The van der Waals surface area contributed by atoms with Crippen molar-refractivity contribution in [3.05, 3.63) is 89.6 Å². The summed E-state index contributed by atoms with van der Waals surface area (Å²) in [5.74, 6) is -0.384. The molecule has 0 atom stereocenters. The van der Waals surface area contributed by atoms with Crippen molar-refractivity contribution in [3.63, 3.8) is 0 Å². The molecule has 0 bridgehead atoms. The van der Waals surface area contributed by atoms with Gasteiger partial charge in [0.05, 0.1) is 22.0 Å². The van der Waals surface area contributed by atoms with Gasteiger partial charge in [0.1, 0.15) is 0 Å². The van der Waals surface area contributed by atoms with E-state index in [1.165, 1.54) is 6.07 Å². The van der Waals surface area contributed by atoms with Crippen molar-refractivity contribution in [2.75, 3.05) is 10.6 Å². The van der Waals surface area contributed by atoms with Crippen LogP contribution >= 0.6 is 11.6 Å². The molecule has 0 fully saturated rings. The van der Waals surface area contributed by atoms with Gasteiger partial charge in [-0.2, -0.15) is 13.2 Å². The number of carbonyl (C=O) groups excluding carboxylic acids is 1. The number of hydrogen-bond donors (Lipinski definition) is 2. The highest BCUT2D eigenvalue weighted by atomic mass is 35.5. The third-order valence-electron chi connectivity index (χ3n) is 4.83. The zero-order valence-electron chi connectivity index (χ0n) is 17.2. The van der Waals surface area contributed by atoms with Gasteiger partial charge >= 0.3 is 6.18 Å². The molecule has 2 N–H and O–H groups in total. The fourth-order valence-electron chi connectivity index (χ4n) is 3.12. The van der Waals surface area contributed by atoms with E-state index in [0.717, 1.165) is 17.2 Å². The Labute approximate surface area is 189 Å². The Bertz CT molecular complexity index is 1050. The molecule has 0 aliphatic heterocycles. The highest BCUT2D eigenvalue weighted by Crippen LogP contribution is 2.40. The highest BCUT2D eigenvalue weighted by Gasteiger charge is 2.34. The summed E-state index contributed by atoms with van der Waals surface area (Å²) < 4.78 is 40.1. The van der Waals surface area contributed by atoms with Gasteiger partial charge in [-0.05, 0) is 73.7 Å². The lowest BCUT2D eigenvalue weighted by atomic mass is 10.1. The molecular weight excluding hydrogens is 439 g/mol. The average Bonchev–Trinajstić information content (AvgIpc) is 2.76. The van der Waals surface area contributed by atoms with Gasteiger partial charge in [0.25, 0.3) is 0 Å². The Morgan fingerprint density at radius 2 is 1.69 bits per heavy atom. The minimum absolute atomic E-state index is 0.0110. The molecule has 8 heteroatoms. The van der Waals surface area contributed by atoms with Crippen molar-refractivity contribution in [1.29, 1.82) is 0 Å². The summed E-state index contributed by atoms with van der Waals surface area (Å²) in [6.07, 6.45) is 0.675. The molecule has 1 heterocycles. The molecular formula is C24H22ClF3N3O. The summed E-state index contributed by atoms with van der Waals surface area (Å²) >= 11 is 5.90. The SMILES string of the molecule is [CH2]Cc1ccc(Nc2cc(Cl)c(C(F)(F)F)cc2NC(=O)CCCc2ccncc2)cc1. The van der Waals surface area contributed by atoms with Crippen LogP contribution in [-0.2, 0) is 23.8 Å². The predicted molar refractivity (Wildman–Crippen MR) is 121 cm³/mol. The van der Waals surface area contributed by atoms with Crippen LogP contribution in [0.1, 0.15) is 29.5 Å². The number of nitrogens with zero attached hydrogens (tertiary/aromatic N) is 1. The third kappa shape index (κ3) is 6.47. The number of carbonyl (C=O) groups is 1. The van der Waals surface area contributed by atoms with Crippen molar-refractivity contribution in [2.24, 2.45) is 0 Å². The van der Waals surface area contributed by atoms with Crippen molar-refractivity contribution in [1.82, 2.24) is 4.98 Å². The Kier molecular flexibility index (Phi) is 7.75. The number of hydrogen-bond acceptors (Lipinski definition) is 3. The number of halogens is 4. The molecule has 1 aromatic heterocycles. The Morgan fingerprint density at radius 3 is 2.31 bits per heavy atom. The second-order valence-corrected chi connectivity index (χ2v) is 7.61. The van der Waals surface area contributed by atoms with Gasteiger partial charge in [-0.1, -0.05) is 23.7 Å². The number of benzene rings is 2. The maximum atomic E-state index is 13.4. The fourth-order valence-corrected chi connectivity index (χ4v) is 3.39. The summed E-state index contributed by atoms with van der Waals surface area (Å²) in [5, 5.41) is 5.18. The van der Waals surface area contributed by atoms with E-state index in [-0.39, 0.29) is 23.7 Å². The Balaban J connectivity index is 1.78. The maximum absolute atomic E-state index is 13.4. The predicted octanol–water partition coefficient (Wildman–Crippen LogP) is 6.84. The minimum atomic E-state index is -4.65. The van der Waals surface area contributed by atoms with Gasteiger partial charge in [-0.25, -0.2) is 0 Å². The molecule has 0 aliphatic carbocycles. The topological polar surface area (TPSA) is 54.0 Å². The van der Waals surface area contributed by atoms with Crippen molar-refractivity contribution >= 4 is 34.6 Å². The van der Waals surface area contributed by atoms with E-state index in [4.69, 9.17) is 11.6 Å². The first-order valence-corrected chi connectivity index (χ1v) is 10.4. The molecule has 1 radical (unpaired) electrons. The van der Waals surface area contributed by atoms with E-state index >= 15 is 0 Å². The number of pyridine rings is 1. The quantitative estimate of drug-likeness (QED) is 0.387. The van der Waals surface area contributed by atoms with Gasteiger partial charge in [-0.3, -0.25) is 9.78 Å². The van der Waals surface area contributed by atoms with Crippen LogP contribution in [0.2, 0.25) is 5.02 Å². The first kappa shape index (κ1) is 23.6. The van der Waals surface area contributed by atoms with Crippen molar-refractivity contribution < 1.29 is 18.0 Å². The lowest BCUT2D eigenvalue weighted by Crippen LogP contribution is -2.15. The van der Waals surface area contributed by atoms with Crippen molar-refractivity contribution in [3.8, 4) is 0 Å². The Morgan fingerprint density at radius 1 is 1.00 bits per heavy atom. The standard InChI is InChI=1S/C24H22ClF3N3O/c1-2-16-6-8-18(9-7-16)30-22-15-20(25)19(24(26,27)28)14-21(22)31-23(32)5-3-4-17-10-12-29-13-11-17/h6-15,30H,1-5H2,(H,31,32). The molecule has 2 aromatic carbocycles. The number of alkyl halides is 3. The lowest BCUT2D eigenvalue weighted by Gasteiger charge is -2.18. The summed E-state index contributed by atoms with van der Waals surface area (Å²) in [6.45, 7) is 3.81. The zero-order valence-corrected chi connectivity index (χ0v) is 17.9. The van der Waals surface area contributed by atoms with Gasteiger partial charge in [-0.15, -0.1) is 0 Å². The lowest BCUT2D eigenvalue weighted by molar-refractivity contribution is -0.137. The van der Waals surface area contributed by atoms with E-state index in [2.05, 4.69) is 22.5 Å². The maximum Gasteiger partial charge on any atom is 0.417 e. The van der Waals surface area contributed by atoms with Crippen LogP contribution in [0.4, 0.5) is 30.2 Å². The van der Waals surface area contributed by atoms with E-state index < -0.39 is 16.8 Å². The molecule has 0 spiro atoms. The third-order valence-corrected chi connectivity index (χ3v) is 5.14. The van der Waals surface area contributed by atoms with Crippen molar-refractivity contribution in [2.45, 2.75) is 31.9 Å². The monoisotopic (exact) mass is 460 g/mol. The first-order chi connectivity index (χ1) is 15.3. The largest absolute Gasteiger partial charge is 0.417 e. The zero-order chi connectivity index (χ0) is 23.1. The number of rotatable bonds is 8. The van der Waals surface area contributed by atoms with Gasteiger partial charge < -0.3 is 10.6 Å². The van der Waals surface area contributed by atoms with E-state index in [0.29, 0.717) is 24.9 Å². The van der Waals surface area contributed by atoms with Crippen LogP contribution in [0.5, 0.6) is 0 Å². The second kappa shape index (κ2) is 10.5. The molecule has 32 heavy (non-hydrogen) atoms. The summed E-state index contributed by atoms with van der Waals surface area (Å²) in [6, 6.07) is 13.0. The summed E-state index contributed by atoms with van der Waals surface area (Å²) in [7, 11) is 0. The van der Waals surface area contributed by atoms with Crippen LogP contribution in [0.3, 0.4) is 0 Å².